The van der Waals surface area contributed by atoms with Crippen LogP contribution in [-0.4, -0.2) is 16.6 Å². The Bertz CT molecular complexity index is 813. The third-order valence-corrected chi connectivity index (χ3v) is 4.14. The maximum atomic E-state index is 13.3. The molecule has 3 aromatic rings. The van der Waals surface area contributed by atoms with Gasteiger partial charge in [-0.2, -0.15) is 0 Å². The average molecular weight is 340 g/mol. The summed E-state index contributed by atoms with van der Waals surface area (Å²) >= 11 is 0. The van der Waals surface area contributed by atoms with Gasteiger partial charge in [0.1, 0.15) is 22.9 Å². The first kappa shape index (κ1) is 17.3. The second-order valence-corrected chi connectivity index (χ2v) is 6.34. The molecule has 5 heteroatoms. The smallest absolute Gasteiger partial charge is 0.136 e. The van der Waals surface area contributed by atoms with Crippen molar-refractivity contribution >= 4 is 0 Å². The summed E-state index contributed by atoms with van der Waals surface area (Å²) in [5, 5.41) is 14.1. The fraction of sp³-hybridized carbons (Fsp3) is 0.250. The minimum atomic E-state index is -1.17. The molecule has 2 atom stereocenters. The molecule has 1 aromatic carbocycles. The zero-order valence-corrected chi connectivity index (χ0v) is 14.2. The molecule has 0 amide bonds. The number of halogens is 1. The molecule has 2 N–H and O–H groups in total. The fourth-order valence-corrected chi connectivity index (χ4v) is 2.74. The van der Waals surface area contributed by atoms with Crippen LogP contribution in [0, 0.1) is 12.7 Å². The third kappa shape index (κ3) is 4.13. The molecule has 0 aliphatic heterocycles. The summed E-state index contributed by atoms with van der Waals surface area (Å²) in [5.41, 5.74) is 0.649. The van der Waals surface area contributed by atoms with Crippen LogP contribution in [-0.2, 0) is 5.60 Å². The third-order valence-electron chi connectivity index (χ3n) is 4.14. The van der Waals surface area contributed by atoms with Crippen LogP contribution in [0.15, 0.2) is 65.3 Å². The van der Waals surface area contributed by atoms with Crippen molar-refractivity contribution in [3.8, 4) is 0 Å². The van der Waals surface area contributed by atoms with E-state index in [4.69, 9.17) is 4.42 Å². The van der Waals surface area contributed by atoms with E-state index in [1.165, 1.54) is 12.1 Å². The van der Waals surface area contributed by atoms with Crippen LogP contribution in [0.2, 0.25) is 0 Å². The first-order valence-corrected chi connectivity index (χ1v) is 8.14. The Labute approximate surface area is 146 Å². The summed E-state index contributed by atoms with van der Waals surface area (Å²) < 4.78 is 18.8. The Morgan fingerprint density at radius 1 is 1.16 bits per heavy atom. The maximum absolute atomic E-state index is 13.3. The number of aliphatic hydroxyl groups is 1. The lowest BCUT2D eigenvalue weighted by atomic mass is 9.97. The van der Waals surface area contributed by atoms with Crippen molar-refractivity contribution in [2.24, 2.45) is 0 Å². The molecule has 0 aliphatic carbocycles. The molecule has 0 saturated carbocycles. The Kier molecular flexibility index (Phi) is 4.97. The molecule has 25 heavy (non-hydrogen) atoms. The van der Waals surface area contributed by atoms with Crippen LogP contribution in [0.25, 0.3) is 0 Å². The summed E-state index contributed by atoms with van der Waals surface area (Å²) in [4.78, 5) is 4.16. The molecule has 0 bridgehead atoms. The first-order chi connectivity index (χ1) is 12.0. The van der Waals surface area contributed by atoms with Crippen LogP contribution in [0.3, 0.4) is 0 Å². The lowest BCUT2D eigenvalue weighted by molar-refractivity contribution is 0.0318. The van der Waals surface area contributed by atoms with Crippen LogP contribution in [0.4, 0.5) is 4.39 Å². The monoisotopic (exact) mass is 340 g/mol. The van der Waals surface area contributed by atoms with Crippen LogP contribution < -0.4 is 5.32 Å². The summed E-state index contributed by atoms with van der Waals surface area (Å²) in [5.74, 6) is 0.964. The van der Waals surface area contributed by atoms with E-state index in [0.717, 1.165) is 16.9 Å². The Morgan fingerprint density at radius 3 is 2.52 bits per heavy atom. The number of hydrogen-bond acceptors (Lipinski definition) is 4. The van der Waals surface area contributed by atoms with Crippen molar-refractivity contribution in [3.05, 3.63) is 89.4 Å². The minimum absolute atomic E-state index is 0.225. The number of furan rings is 1. The summed E-state index contributed by atoms with van der Waals surface area (Å²) in [7, 11) is 0. The molecule has 2 heterocycles. The number of aryl methyl sites for hydroxylation is 1. The zero-order valence-electron chi connectivity index (χ0n) is 14.2. The topological polar surface area (TPSA) is 58.3 Å². The number of rotatable bonds is 6. The lowest BCUT2D eigenvalue weighted by Crippen LogP contribution is -2.37. The highest BCUT2D eigenvalue weighted by molar-refractivity contribution is 5.30. The Hall–Kier alpha value is -2.50. The highest BCUT2D eigenvalue weighted by Gasteiger charge is 2.28. The number of nitrogens with zero attached hydrogens (tertiary/aromatic N) is 1. The van der Waals surface area contributed by atoms with Crippen molar-refractivity contribution in [2.75, 3.05) is 6.54 Å². The minimum Gasteiger partial charge on any atom is -0.463 e. The van der Waals surface area contributed by atoms with E-state index in [9.17, 15) is 9.50 Å². The van der Waals surface area contributed by atoms with E-state index in [0.29, 0.717) is 5.76 Å². The second kappa shape index (κ2) is 7.17. The number of nitrogens with one attached hydrogen (secondary N) is 1. The standard InChI is InChI=1S/C20H21FN2O2/c1-14-5-10-18(25-14)20(2,24)13-23-19(16-4-3-11-22-12-16)15-6-8-17(21)9-7-15/h3-12,19,23-24H,13H2,1-2H3/t19-,20-/m1/s1. The van der Waals surface area contributed by atoms with Gasteiger partial charge in [-0.15, -0.1) is 0 Å². The van der Waals surface area contributed by atoms with Crippen LogP contribution in [0.1, 0.15) is 35.6 Å². The molecule has 2 aromatic heterocycles. The lowest BCUT2D eigenvalue weighted by Gasteiger charge is -2.26. The van der Waals surface area contributed by atoms with Crippen molar-refractivity contribution in [1.29, 1.82) is 0 Å². The SMILES string of the molecule is Cc1ccc([C@](C)(O)CN[C@H](c2ccc(F)cc2)c2cccnc2)o1. The van der Waals surface area contributed by atoms with Crippen molar-refractivity contribution in [1.82, 2.24) is 10.3 Å². The molecule has 0 fully saturated rings. The molecule has 0 radical (unpaired) electrons. The van der Waals surface area contributed by atoms with Crippen LogP contribution in [0.5, 0.6) is 0 Å². The Balaban J connectivity index is 1.84. The van der Waals surface area contributed by atoms with E-state index in [-0.39, 0.29) is 18.4 Å². The van der Waals surface area contributed by atoms with Gasteiger partial charge in [-0.3, -0.25) is 4.98 Å². The number of hydrogen-bond donors (Lipinski definition) is 2. The zero-order chi connectivity index (χ0) is 17.9. The molecular weight excluding hydrogens is 319 g/mol. The van der Waals surface area contributed by atoms with Gasteiger partial charge in [-0.05, 0) is 55.3 Å². The summed E-state index contributed by atoms with van der Waals surface area (Å²) in [6.45, 7) is 3.80. The molecule has 0 saturated heterocycles. The van der Waals surface area contributed by atoms with E-state index >= 15 is 0 Å². The predicted octanol–water partition coefficient (Wildman–Crippen LogP) is 3.71. The van der Waals surface area contributed by atoms with Crippen molar-refractivity contribution in [2.45, 2.75) is 25.5 Å². The quantitative estimate of drug-likeness (QED) is 0.718. The molecule has 130 valence electrons. The van der Waals surface area contributed by atoms with E-state index in [2.05, 4.69) is 10.3 Å². The van der Waals surface area contributed by atoms with E-state index in [1.807, 2.05) is 25.1 Å². The largest absolute Gasteiger partial charge is 0.463 e. The highest BCUT2D eigenvalue weighted by Crippen LogP contribution is 2.26. The van der Waals surface area contributed by atoms with Crippen LogP contribution >= 0.6 is 0 Å². The van der Waals surface area contributed by atoms with E-state index in [1.54, 1.807) is 37.5 Å². The van der Waals surface area contributed by atoms with Crippen molar-refractivity contribution < 1.29 is 13.9 Å². The highest BCUT2D eigenvalue weighted by atomic mass is 19.1. The number of pyridine rings is 1. The predicted molar refractivity (Wildman–Crippen MR) is 93.5 cm³/mol. The van der Waals surface area contributed by atoms with Crippen molar-refractivity contribution in [3.63, 3.8) is 0 Å². The maximum Gasteiger partial charge on any atom is 0.136 e. The molecule has 0 aliphatic rings. The van der Waals surface area contributed by atoms with Gasteiger partial charge in [0, 0.05) is 18.9 Å². The van der Waals surface area contributed by atoms with E-state index < -0.39 is 5.60 Å². The fourth-order valence-electron chi connectivity index (χ4n) is 2.74. The van der Waals surface area contributed by atoms with Gasteiger partial charge in [-0.1, -0.05) is 18.2 Å². The summed E-state index contributed by atoms with van der Waals surface area (Å²) in [6, 6.07) is 13.5. The van der Waals surface area contributed by atoms with Gasteiger partial charge < -0.3 is 14.8 Å². The van der Waals surface area contributed by atoms with Gasteiger partial charge in [0.05, 0.1) is 6.04 Å². The van der Waals surface area contributed by atoms with Gasteiger partial charge in [0.15, 0.2) is 0 Å². The molecular formula is C20H21FN2O2. The normalized spacial score (nSPS) is 14.9. The van der Waals surface area contributed by atoms with Gasteiger partial charge >= 0.3 is 0 Å². The van der Waals surface area contributed by atoms with Gasteiger partial charge in [0.25, 0.3) is 0 Å². The average Bonchev–Trinajstić information content (AvgIpc) is 3.05. The molecule has 4 nitrogen and oxygen atoms in total. The number of aromatic nitrogens is 1. The second-order valence-electron chi connectivity index (χ2n) is 6.34. The Morgan fingerprint density at radius 2 is 1.92 bits per heavy atom. The number of benzene rings is 1. The first-order valence-electron chi connectivity index (χ1n) is 8.14. The van der Waals surface area contributed by atoms with Gasteiger partial charge in [-0.25, -0.2) is 4.39 Å². The summed E-state index contributed by atoms with van der Waals surface area (Å²) in [6.07, 6.45) is 3.46. The van der Waals surface area contributed by atoms with Gasteiger partial charge in [0.2, 0.25) is 0 Å². The molecule has 3 rings (SSSR count). The molecule has 0 unspecified atom stereocenters. The molecule has 0 spiro atoms.